The number of amides is 5. The molecule has 408 valence electrons. The van der Waals surface area contributed by atoms with Gasteiger partial charge in [0.25, 0.3) is 11.8 Å². The predicted octanol–water partition coefficient (Wildman–Crippen LogP) is 11.2. The minimum atomic E-state index is -4.70. The van der Waals surface area contributed by atoms with Gasteiger partial charge in [0.1, 0.15) is 0 Å². The quantitative estimate of drug-likeness (QED) is 0.167. The van der Waals surface area contributed by atoms with Gasteiger partial charge in [-0.1, -0.05) is 77.6 Å². The van der Waals surface area contributed by atoms with Crippen LogP contribution < -0.4 is 5.32 Å². The number of rotatable bonds is 9. The van der Waals surface area contributed by atoms with Crippen LogP contribution in [0.3, 0.4) is 0 Å². The molecule has 11 nitrogen and oxygen atoms in total. The fraction of sp³-hybridized carbons (Fsp3) is 0.473. The van der Waals surface area contributed by atoms with Crippen molar-refractivity contribution in [2.24, 2.45) is 17.3 Å². The van der Waals surface area contributed by atoms with E-state index in [1.165, 1.54) is 21.9 Å². The van der Waals surface area contributed by atoms with E-state index in [1.807, 2.05) is 36.1 Å². The molecular formula is C55H58Cl4F6N6O5. The van der Waals surface area contributed by atoms with Crippen molar-refractivity contribution in [2.75, 3.05) is 66.5 Å². The zero-order valence-electron chi connectivity index (χ0n) is 42.0. The summed E-state index contributed by atoms with van der Waals surface area (Å²) in [4.78, 5) is 74.7. The van der Waals surface area contributed by atoms with Gasteiger partial charge >= 0.3 is 12.4 Å². The van der Waals surface area contributed by atoms with Crippen LogP contribution in [0.15, 0.2) is 84.9 Å². The van der Waals surface area contributed by atoms with Gasteiger partial charge in [0, 0.05) is 104 Å². The summed E-state index contributed by atoms with van der Waals surface area (Å²) in [6.07, 6.45) is -4.90. The van der Waals surface area contributed by atoms with E-state index >= 15 is 0 Å². The maximum Gasteiger partial charge on any atom is 0.417 e. The summed E-state index contributed by atoms with van der Waals surface area (Å²) < 4.78 is 80.5. The monoisotopic (exact) mass is 1140 g/mol. The number of likely N-dealkylation sites (tertiary alicyclic amines) is 3. The second kappa shape index (κ2) is 23.1. The highest BCUT2D eigenvalue weighted by Gasteiger charge is 2.49. The highest BCUT2D eigenvalue weighted by Crippen LogP contribution is 2.47. The normalized spacial score (nSPS) is 21.9. The topological polar surface area (TPSA) is 114 Å². The molecular weight excluding hydrogens is 1080 g/mol. The van der Waals surface area contributed by atoms with Gasteiger partial charge < -0.3 is 29.8 Å². The van der Waals surface area contributed by atoms with E-state index in [2.05, 4.69) is 5.32 Å². The number of nitrogens with one attached hydrogen (secondary N) is 1. The van der Waals surface area contributed by atoms with E-state index in [4.69, 9.17) is 46.4 Å². The highest BCUT2D eigenvalue weighted by atomic mass is 35.5. The number of hydrogen-bond acceptors (Lipinski definition) is 6. The second-order valence-corrected chi connectivity index (χ2v) is 22.5. The lowest BCUT2D eigenvalue weighted by molar-refractivity contribution is -0.142. The van der Waals surface area contributed by atoms with E-state index in [1.54, 1.807) is 48.2 Å². The van der Waals surface area contributed by atoms with Gasteiger partial charge in [0.05, 0.1) is 33.3 Å². The van der Waals surface area contributed by atoms with E-state index in [-0.39, 0.29) is 64.5 Å². The molecule has 4 aromatic rings. The van der Waals surface area contributed by atoms with Crippen molar-refractivity contribution in [3.8, 4) is 0 Å². The SMILES string of the molecule is CN(C(=O)c1ccc(Cl)c(C(F)(F)F)c1)C1CN(C(=O)C2CCNCC2)CC1c1ccc(Cl)cc1.CN(C(=O)c1ccc(Cl)c(C(F)(F)F)c1)[C@@H]1CN(C(=O)C2CCN(C(=O)C3(C)CC3)CC2)C[C@H]1c1ccc(Cl)cc1. The molecule has 4 aromatic carbocycles. The number of nitrogens with zero attached hydrogens (tertiary/aromatic N) is 5. The second-order valence-electron chi connectivity index (χ2n) is 20.8. The van der Waals surface area contributed by atoms with Crippen LogP contribution in [-0.2, 0) is 26.7 Å². The third-order valence-corrected chi connectivity index (χ3v) is 17.0. The molecule has 0 radical (unpaired) electrons. The summed E-state index contributed by atoms with van der Waals surface area (Å²) >= 11 is 23.7. The van der Waals surface area contributed by atoms with Crippen LogP contribution in [0.1, 0.15) is 100 Å². The summed E-state index contributed by atoms with van der Waals surface area (Å²) in [5.41, 5.74) is -0.829. The molecule has 5 fully saturated rings. The van der Waals surface area contributed by atoms with Crippen molar-refractivity contribution in [1.82, 2.24) is 29.8 Å². The third kappa shape index (κ3) is 12.8. The van der Waals surface area contributed by atoms with Crippen molar-refractivity contribution >= 4 is 75.9 Å². The van der Waals surface area contributed by atoms with Gasteiger partial charge in [-0.3, -0.25) is 24.0 Å². The van der Waals surface area contributed by atoms with Crippen LogP contribution >= 0.6 is 46.4 Å². The maximum absolute atomic E-state index is 13.7. The molecule has 1 saturated carbocycles. The lowest BCUT2D eigenvalue weighted by Gasteiger charge is -2.34. The molecule has 76 heavy (non-hydrogen) atoms. The van der Waals surface area contributed by atoms with Gasteiger partial charge in [-0.25, -0.2) is 0 Å². The summed E-state index contributed by atoms with van der Waals surface area (Å²) in [6, 6.07) is 19.8. The fourth-order valence-electron chi connectivity index (χ4n) is 11.0. The summed E-state index contributed by atoms with van der Waals surface area (Å²) in [7, 11) is 3.12. The van der Waals surface area contributed by atoms with Gasteiger partial charge in [0.15, 0.2) is 0 Å². The highest BCUT2D eigenvalue weighted by molar-refractivity contribution is 6.32. The van der Waals surface area contributed by atoms with Crippen LogP contribution in [0.2, 0.25) is 20.1 Å². The van der Waals surface area contributed by atoms with E-state index in [9.17, 15) is 50.3 Å². The lowest BCUT2D eigenvalue weighted by Crippen LogP contribution is -2.46. The van der Waals surface area contributed by atoms with E-state index < -0.39 is 57.4 Å². The molecule has 0 bridgehead atoms. The molecule has 1 aliphatic carbocycles. The third-order valence-electron chi connectivity index (χ3n) is 15.8. The Morgan fingerprint density at radius 3 is 1.30 bits per heavy atom. The van der Waals surface area contributed by atoms with Gasteiger partial charge in [-0.05, 0) is 123 Å². The first kappa shape index (κ1) is 57.1. The Labute approximate surface area is 457 Å². The molecule has 4 atom stereocenters. The Morgan fingerprint density at radius 2 is 0.934 bits per heavy atom. The minimum Gasteiger partial charge on any atom is -0.342 e. The standard InChI is InChI=1S/C30H32Cl2F3N3O3.C25H26Cl2F3N3O2/c1-29(11-12-29)28(41)37-13-9-19(10-14-37)27(40)38-16-22(18-3-6-21(31)7-4-18)25(17-38)36(2)26(39)20-5-8-24(32)23(15-20)30(33,34)35;1-32(23(34)17-4-7-21(27)20(12-17)25(28,29)30)22-14-33(24(35)16-8-10-31-11-9-16)13-19(22)15-2-5-18(26)6-3-15/h3-8,15,19,22,25H,9-14,16-17H2,1-2H3;2-7,12,16,19,22,31H,8-11,13-14H2,1H3/t22-,25+;/m0./s1. The van der Waals surface area contributed by atoms with Crippen LogP contribution in [0.5, 0.6) is 0 Å². The number of carbonyl (C=O) groups is 5. The van der Waals surface area contributed by atoms with Crippen molar-refractivity contribution in [1.29, 1.82) is 0 Å². The zero-order chi connectivity index (χ0) is 55.0. The van der Waals surface area contributed by atoms with Crippen molar-refractivity contribution in [3.05, 3.63) is 138 Å². The molecule has 0 spiro atoms. The Hall–Kier alpha value is -5.07. The van der Waals surface area contributed by atoms with Crippen LogP contribution in [0, 0.1) is 17.3 Å². The lowest BCUT2D eigenvalue weighted by atomic mass is 9.93. The van der Waals surface area contributed by atoms with Crippen LogP contribution in [0.4, 0.5) is 26.3 Å². The van der Waals surface area contributed by atoms with Crippen LogP contribution in [0.25, 0.3) is 0 Å². The van der Waals surface area contributed by atoms with Gasteiger partial charge in [0.2, 0.25) is 17.7 Å². The van der Waals surface area contributed by atoms with Gasteiger partial charge in [-0.2, -0.15) is 26.3 Å². The molecule has 1 N–H and O–H groups in total. The number of likely N-dealkylation sites (N-methyl/N-ethyl adjacent to an activating group) is 2. The number of piperidine rings is 2. The smallest absolute Gasteiger partial charge is 0.342 e. The molecule has 4 saturated heterocycles. The molecule has 9 rings (SSSR count). The summed E-state index contributed by atoms with van der Waals surface area (Å²) in [6.45, 7) is 5.95. The minimum absolute atomic E-state index is 0.0251. The summed E-state index contributed by atoms with van der Waals surface area (Å²) in [5, 5.41) is 3.42. The number of carbonyl (C=O) groups excluding carboxylic acids is 5. The molecule has 5 amide bonds. The average Bonchev–Trinajstić information content (AvgIpc) is 3.77. The number of benzene rings is 4. The fourth-order valence-corrected chi connectivity index (χ4v) is 11.7. The molecule has 4 aliphatic heterocycles. The first-order valence-corrected chi connectivity index (χ1v) is 26.7. The molecule has 5 aliphatic rings. The van der Waals surface area contributed by atoms with E-state index in [0.29, 0.717) is 55.6 Å². The van der Waals surface area contributed by atoms with E-state index in [0.717, 1.165) is 74.2 Å². The Balaban J connectivity index is 0.000000204. The molecule has 4 heterocycles. The number of halogens is 10. The van der Waals surface area contributed by atoms with Crippen molar-refractivity contribution in [3.63, 3.8) is 0 Å². The predicted molar refractivity (Wildman–Crippen MR) is 278 cm³/mol. The molecule has 21 heteroatoms. The molecule has 2 unspecified atom stereocenters. The maximum atomic E-state index is 13.7. The zero-order valence-corrected chi connectivity index (χ0v) is 45.0. The Kier molecular flexibility index (Phi) is 17.4. The van der Waals surface area contributed by atoms with Gasteiger partial charge in [-0.15, -0.1) is 0 Å². The summed E-state index contributed by atoms with van der Waals surface area (Å²) in [5.74, 6) is -1.74. The molecule has 0 aromatic heterocycles. The van der Waals surface area contributed by atoms with Crippen molar-refractivity contribution in [2.45, 2.75) is 81.7 Å². The first-order valence-electron chi connectivity index (χ1n) is 25.2. The average molecular weight is 1140 g/mol. The van der Waals surface area contributed by atoms with Crippen LogP contribution in [-0.4, -0.2) is 133 Å². The Bertz CT molecular complexity index is 2800. The first-order chi connectivity index (χ1) is 35.8. The number of hydrogen-bond donors (Lipinski definition) is 1. The largest absolute Gasteiger partial charge is 0.417 e. The number of alkyl halides is 6. The Morgan fingerprint density at radius 1 is 0.553 bits per heavy atom. The van der Waals surface area contributed by atoms with Crippen molar-refractivity contribution < 1.29 is 50.3 Å².